The number of hydrazone groups is 1. The maximum atomic E-state index is 5.25. The van der Waals surface area contributed by atoms with Crippen molar-refractivity contribution >= 4 is 28.7 Å². The van der Waals surface area contributed by atoms with Gasteiger partial charge in [-0.3, -0.25) is 5.43 Å². The summed E-state index contributed by atoms with van der Waals surface area (Å²) in [6, 6.07) is 8.14. The highest BCUT2D eigenvalue weighted by Gasteiger charge is 2.15. The molecule has 0 unspecified atom stereocenters. The van der Waals surface area contributed by atoms with Gasteiger partial charge in [-0.25, -0.2) is 0 Å². The third kappa shape index (κ3) is 4.31. The highest BCUT2D eigenvalue weighted by atomic mass is 32.1. The zero-order valence-corrected chi connectivity index (χ0v) is 12.4. The predicted octanol–water partition coefficient (Wildman–Crippen LogP) is 3.85. The molecule has 1 aliphatic rings. The van der Waals surface area contributed by atoms with Crippen LogP contribution in [0.25, 0.3) is 0 Å². The monoisotopic (exact) mass is 275 g/mol. The van der Waals surface area contributed by atoms with Crippen LogP contribution in [0.5, 0.6) is 0 Å². The van der Waals surface area contributed by atoms with Gasteiger partial charge in [-0.2, -0.15) is 5.10 Å². The molecule has 1 aromatic rings. The number of rotatable bonds is 2. The number of nitrogens with one attached hydrogen (secondary N) is 2. The van der Waals surface area contributed by atoms with Gasteiger partial charge in [0.15, 0.2) is 5.11 Å². The molecule has 102 valence electrons. The second-order valence-corrected chi connectivity index (χ2v) is 5.59. The van der Waals surface area contributed by atoms with E-state index in [-0.39, 0.29) is 0 Å². The highest BCUT2D eigenvalue weighted by Crippen LogP contribution is 2.20. The van der Waals surface area contributed by atoms with Crippen molar-refractivity contribution in [1.82, 2.24) is 5.43 Å². The minimum Gasteiger partial charge on any atom is -0.331 e. The van der Waals surface area contributed by atoms with E-state index < -0.39 is 0 Å². The lowest BCUT2D eigenvalue weighted by molar-refractivity contribution is 0.555. The van der Waals surface area contributed by atoms with E-state index in [1.165, 1.54) is 30.5 Å². The third-order valence-electron chi connectivity index (χ3n) is 3.50. The van der Waals surface area contributed by atoms with Crippen molar-refractivity contribution in [2.24, 2.45) is 11.0 Å². The maximum absolute atomic E-state index is 5.25. The Bertz CT molecular complexity index is 465. The van der Waals surface area contributed by atoms with Crippen LogP contribution in [-0.4, -0.2) is 10.8 Å². The van der Waals surface area contributed by atoms with Crippen molar-refractivity contribution in [3.63, 3.8) is 0 Å². The summed E-state index contributed by atoms with van der Waals surface area (Å²) in [7, 11) is 0. The van der Waals surface area contributed by atoms with Crippen LogP contribution < -0.4 is 10.7 Å². The summed E-state index contributed by atoms with van der Waals surface area (Å²) in [5.41, 5.74) is 6.41. The fourth-order valence-corrected chi connectivity index (χ4v) is 2.42. The van der Waals surface area contributed by atoms with Crippen LogP contribution in [0.1, 0.15) is 38.2 Å². The summed E-state index contributed by atoms with van der Waals surface area (Å²) in [5, 5.41) is 8.13. The predicted molar refractivity (Wildman–Crippen MR) is 85.6 cm³/mol. The molecule has 1 fully saturated rings. The van der Waals surface area contributed by atoms with Gasteiger partial charge in [0.1, 0.15) is 0 Å². The van der Waals surface area contributed by atoms with Gasteiger partial charge in [0, 0.05) is 11.4 Å². The average molecular weight is 275 g/mol. The van der Waals surface area contributed by atoms with Gasteiger partial charge >= 0.3 is 0 Å². The smallest absolute Gasteiger partial charge is 0.191 e. The molecule has 1 aliphatic carbocycles. The molecular formula is C15H21N3S. The SMILES string of the molecule is Cc1ccc(NC(=S)N/N=C2/CCCC[C@H]2C)cc1. The first-order valence-corrected chi connectivity index (χ1v) is 7.26. The van der Waals surface area contributed by atoms with E-state index in [1.54, 1.807) is 0 Å². The largest absolute Gasteiger partial charge is 0.331 e. The van der Waals surface area contributed by atoms with E-state index >= 15 is 0 Å². The number of thiocarbonyl (C=S) groups is 1. The van der Waals surface area contributed by atoms with Gasteiger partial charge in [-0.1, -0.05) is 31.0 Å². The Hall–Kier alpha value is -1.42. The molecular weight excluding hydrogens is 254 g/mol. The number of nitrogens with zero attached hydrogens (tertiary/aromatic N) is 1. The Morgan fingerprint density at radius 3 is 2.68 bits per heavy atom. The Morgan fingerprint density at radius 1 is 1.26 bits per heavy atom. The molecule has 1 saturated carbocycles. The van der Waals surface area contributed by atoms with Crippen molar-refractivity contribution in [3.05, 3.63) is 29.8 Å². The number of benzene rings is 1. The first kappa shape index (κ1) is 14.0. The molecule has 1 atom stereocenters. The van der Waals surface area contributed by atoms with Crippen LogP contribution in [0, 0.1) is 12.8 Å². The zero-order valence-electron chi connectivity index (χ0n) is 11.6. The average Bonchev–Trinajstić information content (AvgIpc) is 2.40. The van der Waals surface area contributed by atoms with E-state index in [1.807, 2.05) is 12.1 Å². The maximum Gasteiger partial charge on any atom is 0.191 e. The van der Waals surface area contributed by atoms with Crippen LogP contribution in [0.2, 0.25) is 0 Å². The molecule has 2 N–H and O–H groups in total. The molecule has 4 heteroatoms. The third-order valence-corrected chi connectivity index (χ3v) is 3.69. The van der Waals surface area contributed by atoms with Gasteiger partial charge in [-0.15, -0.1) is 0 Å². The Kier molecular flexibility index (Phi) is 4.91. The van der Waals surface area contributed by atoms with Crippen molar-refractivity contribution in [2.75, 3.05) is 5.32 Å². The highest BCUT2D eigenvalue weighted by molar-refractivity contribution is 7.80. The minimum absolute atomic E-state index is 0.550. The van der Waals surface area contributed by atoms with Crippen molar-refractivity contribution < 1.29 is 0 Å². The summed E-state index contributed by atoms with van der Waals surface area (Å²) in [5.74, 6) is 0.573. The molecule has 0 saturated heterocycles. The van der Waals surface area contributed by atoms with E-state index in [9.17, 15) is 0 Å². The molecule has 0 bridgehead atoms. The molecule has 0 spiro atoms. The number of hydrogen-bond acceptors (Lipinski definition) is 2. The summed E-state index contributed by atoms with van der Waals surface area (Å²) >= 11 is 5.25. The van der Waals surface area contributed by atoms with Crippen molar-refractivity contribution in [3.8, 4) is 0 Å². The fraction of sp³-hybridized carbons (Fsp3) is 0.467. The lowest BCUT2D eigenvalue weighted by atomic mass is 9.89. The van der Waals surface area contributed by atoms with Gasteiger partial charge in [0.05, 0.1) is 0 Å². The zero-order chi connectivity index (χ0) is 13.7. The standard InChI is InChI=1S/C15H21N3S/c1-11-7-9-13(10-8-11)16-15(19)18-17-14-6-4-3-5-12(14)2/h7-10,12H,3-6H2,1-2H3,(H2,16,18,19)/b17-14-/t12-/m1/s1. The second-order valence-electron chi connectivity index (χ2n) is 5.18. The van der Waals surface area contributed by atoms with Gasteiger partial charge in [0.2, 0.25) is 0 Å². The molecule has 3 nitrogen and oxygen atoms in total. The first-order valence-electron chi connectivity index (χ1n) is 6.85. The molecule has 0 aromatic heterocycles. The Morgan fingerprint density at radius 2 is 2.00 bits per heavy atom. The Balaban J connectivity index is 1.87. The minimum atomic E-state index is 0.550. The number of aryl methyl sites for hydroxylation is 1. The molecule has 0 aliphatic heterocycles. The molecule has 0 amide bonds. The number of hydrogen-bond donors (Lipinski definition) is 2. The van der Waals surface area contributed by atoms with E-state index in [0.717, 1.165) is 12.1 Å². The van der Waals surface area contributed by atoms with Crippen LogP contribution >= 0.6 is 12.2 Å². The topological polar surface area (TPSA) is 36.4 Å². The van der Waals surface area contributed by atoms with Crippen molar-refractivity contribution in [2.45, 2.75) is 39.5 Å². The fourth-order valence-electron chi connectivity index (χ4n) is 2.25. The summed E-state index contributed by atoms with van der Waals surface area (Å²) in [6.07, 6.45) is 4.87. The second kappa shape index (κ2) is 6.66. The van der Waals surface area contributed by atoms with Gasteiger partial charge in [-0.05, 0) is 56.5 Å². The lowest BCUT2D eigenvalue weighted by Gasteiger charge is -2.20. The summed E-state index contributed by atoms with van der Waals surface area (Å²) in [4.78, 5) is 0. The van der Waals surface area contributed by atoms with Crippen LogP contribution in [0.3, 0.4) is 0 Å². The first-order chi connectivity index (χ1) is 9.15. The molecule has 0 heterocycles. The normalized spacial score (nSPS) is 21.2. The van der Waals surface area contributed by atoms with Gasteiger partial charge < -0.3 is 5.32 Å². The molecule has 0 radical (unpaired) electrons. The molecule has 19 heavy (non-hydrogen) atoms. The van der Waals surface area contributed by atoms with Crippen LogP contribution in [-0.2, 0) is 0 Å². The summed E-state index contributed by atoms with van der Waals surface area (Å²) in [6.45, 7) is 4.30. The van der Waals surface area contributed by atoms with E-state index in [2.05, 4.69) is 41.8 Å². The Labute approximate surface area is 120 Å². The lowest BCUT2D eigenvalue weighted by Crippen LogP contribution is -2.27. The van der Waals surface area contributed by atoms with E-state index in [0.29, 0.717) is 11.0 Å². The van der Waals surface area contributed by atoms with Crippen LogP contribution in [0.15, 0.2) is 29.4 Å². The number of anilines is 1. The van der Waals surface area contributed by atoms with E-state index in [4.69, 9.17) is 12.2 Å². The molecule has 1 aromatic carbocycles. The molecule has 2 rings (SSSR count). The quantitative estimate of drug-likeness (QED) is 0.636. The summed E-state index contributed by atoms with van der Waals surface area (Å²) < 4.78 is 0. The van der Waals surface area contributed by atoms with Crippen LogP contribution in [0.4, 0.5) is 5.69 Å². The van der Waals surface area contributed by atoms with Gasteiger partial charge in [0.25, 0.3) is 0 Å². The van der Waals surface area contributed by atoms with Crippen molar-refractivity contribution in [1.29, 1.82) is 0 Å².